The predicted molar refractivity (Wildman–Crippen MR) is 78.8 cm³/mol. The monoisotopic (exact) mass is 302 g/mol. The van der Waals surface area contributed by atoms with E-state index >= 15 is 0 Å². The van der Waals surface area contributed by atoms with E-state index in [0.717, 1.165) is 6.54 Å². The van der Waals surface area contributed by atoms with E-state index < -0.39 is 10.0 Å². The first-order valence-electron chi connectivity index (χ1n) is 6.24. The molecule has 4 N–H and O–H groups in total. The quantitative estimate of drug-likeness (QED) is 0.433. The lowest BCUT2D eigenvalue weighted by atomic mass is 10.3. The summed E-state index contributed by atoms with van der Waals surface area (Å²) >= 11 is 0. The molecule has 0 radical (unpaired) electrons. The van der Waals surface area contributed by atoms with E-state index in [9.17, 15) is 8.42 Å². The first-order valence-corrected chi connectivity index (χ1v) is 7.72. The van der Waals surface area contributed by atoms with Crippen molar-refractivity contribution >= 4 is 15.7 Å². The summed E-state index contributed by atoms with van der Waals surface area (Å²) in [5.74, 6) is 5.31. The molecule has 0 unspecified atom stereocenters. The van der Waals surface area contributed by atoms with Crippen molar-refractivity contribution < 1.29 is 13.2 Å². The van der Waals surface area contributed by atoms with Gasteiger partial charge in [0.15, 0.2) is 0 Å². The maximum Gasteiger partial charge on any atom is 0.242 e. The smallest absolute Gasteiger partial charge is 0.242 e. The average Bonchev–Trinajstić information content (AvgIpc) is 2.44. The van der Waals surface area contributed by atoms with Gasteiger partial charge in [-0.15, -0.1) is 0 Å². The number of methoxy groups -OCH3 is 1. The zero-order valence-electron chi connectivity index (χ0n) is 11.8. The Hall–Kier alpha value is -1.19. The predicted octanol–water partition coefficient (Wildman–Crippen LogP) is -0.171. The largest absolute Gasteiger partial charge is 0.383 e. The van der Waals surface area contributed by atoms with Crippen molar-refractivity contribution in [3.8, 4) is 0 Å². The fourth-order valence-electron chi connectivity index (χ4n) is 1.63. The van der Waals surface area contributed by atoms with Gasteiger partial charge in [0.2, 0.25) is 10.0 Å². The maximum atomic E-state index is 12.2. The molecule has 8 heteroatoms. The lowest BCUT2D eigenvalue weighted by Gasteiger charge is -2.16. The minimum atomic E-state index is -3.57. The zero-order chi connectivity index (χ0) is 15.0. The van der Waals surface area contributed by atoms with Gasteiger partial charge in [0.05, 0.1) is 12.3 Å². The fraction of sp³-hybridized carbons (Fsp3) is 0.500. The topological polar surface area (TPSA) is 96.7 Å². The van der Waals surface area contributed by atoms with E-state index in [1.54, 1.807) is 25.3 Å². The molecular weight excluding hydrogens is 280 g/mol. The van der Waals surface area contributed by atoms with Crippen LogP contribution in [0.5, 0.6) is 0 Å². The normalized spacial score (nSPS) is 11.8. The number of benzene rings is 1. The molecule has 1 aromatic carbocycles. The van der Waals surface area contributed by atoms with E-state index in [-0.39, 0.29) is 4.90 Å². The molecule has 0 saturated heterocycles. The van der Waals surface area contributed by atoms with Crippen LogP contribution in [-0.4, -0.2) is 53.7 Å². The SMILES string of the molecule is COCCN(C)CCNS(=O)(=O)c1ccccc1NN. The molecule has 0 spiro atoms. The van der Waals surface area contributed by atoms with E-state index in [1.807, 2.05) is 11.9 Å². The number of anilines is 1. The second-order valence-electron chi connectivity index (χ2n) is 4.33. The molecule has 0 bridgehead atoms. The highest BCUT2D eigenvalue weighted by molar-refractivity contribution is 7.89. The van der Waals surface area contributed by atoms with Crippen molar-refractivity contribution in [3.63, 3.8) is 0 Å². The molecule has 0 aliphatic rings. The molecule has 0 aliphatic heterocycles. The third-order valence-electron chi connectivity index (χ3n) is 2.79. The van der Waals surface area contributed by atoms with Crippen LogP contribution in [0.3, 0.4) is 0 Å². The van der Waals surface area contributed by atoms with Crippen molar-refractivity contribution in [1.29, 1.82) is 0 Å². The van der Waals surface area contributed by atoms with Gasteiger partial charge in [-0.3, -0.25) is 5.84 Å². The van der Waals surface area contributed by atoms with Crippen LogP contribution in [0.15, 0.2) is 29.2 Å². The Morgan fingerprint density at radius 1 is 1.30 bits per heavy atom. The van der Waals surface area contributed by atoms with Gasteiger partial charge in [-0.25, -0.2) is 13.1 Å². The van der Waals surface area contributed by atoms with Gasteiger partial charge < -0.3 is 15.1 Å². The van der Waals surface area contributed by atoms with Crippen molar-refractivity contribution in [3.05, 3.63) is 24.3 Å². The van der Waals surface area contributed by atoms with Gasteiger partial charge in [-0.05, 0) is 19.2 Å². The number of hydrogen-bond donors (Lipinski definition) is 3. The van der Waals surface area contributed by atoms with Gasteiger partial charge in [0.1, 0.15) is 4.90 Å². The number of sulfonamides is 1. The number of rotatable bonds is 9. The Balaban J connectivity index is 2.58. The first-order chi connectivity index (χ1) is 9.51. The number of likely N-dealkylation sites (N-methyl/N-ethyl adjacent to an activating group) is 1. The van der Waals surface area contributed by atoms with Crippen LogP contribution in [0.2, 0.25) is 0 Å². The molecule has 0 saturated carbocycles. The lowest BCUT2D eigenvalue weighted by Crippen LogP contribution is -2.34. The summed E-state index contributed by atoms with van der Waals surface area (Å²) in [6, 6.07) is 6.48. The first kappa shape index (κ1) is 16.9. The number of nitrogens with one attached hydrogen (secondary N) is 2. The highest BCUT2D eigenvalue weighted by Crippen LogP contribution is 2.18. The number of nitrogens with two attached hydrogens (primary N) is 1. The third kappa shape index (κ3) is 5.06. The van der Waals surface area contributed by atoms with Crippen LogP contribution >= 0.6 is 0 Å². The lowest BCUT2D eigenvalue weighted by molar-refractivity contribution is 0.162. The number of hydrazine groups is 1. The third-order valence-corrected chi connectivity index (χ3v) is 4.31. The highest BCUT2D eigenvalue weighted by atomic mass is 32.2. The summed E-state index contributed by atoms with van der Waals surface area (Å²) in [6.07, 6.45) is 0. The molecule has 7 nitrogen and oxygen atoms in total. The van der Waals surface area contributed by atoms with Crippen molar-refractivity contribution in [2.24, 2.45) is 5.84 Å². The molecule has 0 amide bonds. The van der Waals surface area contributed by atoms with Crippen LogP contribution in [0.1, 0.15) is 0 Å². The maximum absolute atomic E-state index is 12.2. The Morgan fingerprint density at radius 2 is 2.00 bits per heavy atom. The fourth-order valence-corrected chi connectivity index (χ4v) is 2.82. The van der Waals surface area contributed by atoms with Crippen LogP contribution in [-0.2, 0) is 14.8 Å². The van der Waals surface area contributed by atoms with Crippen LogP contribution in [0.25, 0.3) is 0 Å². The van der Waals surface area contributed by atoms with Gasteiger partial charge in [-0.2, -0.15) is 0 Å². The van der Waals surface area contributed by atoms with E-state index in [4.69, 9.17) is 10.6 Å². The Labute approximate surface area is 120 Å². The van der Waals surface area contributed by atoms with Gasteiger partial charge in [0, 0.05) is 26.7 Å². The molecule has 0 heterocycles. The van der Waals surface area contributed by atoms with Gasteiger partial charge in [-0.1, -0.05) is 12.1 Å². The van der Waals surface area contributed by atoms with E-state index in [0.29, 0.717) is 25.4 Å². The number of hydrogen-bond acceptors (Lipinski definition) is 6. The summed E-state index contributed by atoms with van der Waals surface area (Å²) in [5.41, 5.74) is 2.75. The van der Waals surface area contributed by atoms with Crippen LogP contribution < -0.4 is 16.0 Å². The molecule has 0 aromatic heterocycles. The zero-order valence-corrected chi connectivity index (χ0v) is 12.6. The van der Waals surface area contributed by atoms with Gasteiger partial charge in [0.25, 0.3) is 0 Å². The summed E-state index contributed by atoms with van der Waals surface area (Å²) in [5, 5.41) is 0. The summed E-state index contributed by atoms with van der Waals surface area (Å²) in [4.78, 5) is 2.13. The molecule has 0 aliphatic carbocycles. The number of para-hydroxylation sites is 1. The Kier molecular flexibility index (Phi) is 6.89. The van der Waals surface area contributed by atoms with Crippen molar-refractivity contribution in [2.45, 2.75) is 4.90 Å². The molecule has 0 fully saturated rings. The minimum absolute atomic E-state index is 0.141. The minimum Gasteiger partial charge on any atom is -0.383 e. The van der Waals surface area contributed by atoms with Crippen LogP contribution in [0, 0.1) is 0 Å². The highest BCUT2D eigenvalue weighted by Gasteiger charge is 2.17. The summed E-state index contributed by atoms with van der Waals surface area (Å²) < 4.78 is 31.8. The van der Waals surface area contributed by atoms with Crippen molar-refractivity contribution in [1.82, 2.24) is 9.62 Å². The molecule has 20 heavy (non-hydrogen) atoms. The second-order valence-corrected chi connectivity index (χ2v) is 6.07. The van der Waals surface area contributed by atoms with E-state index in [2.05, 4.69) is 10.1 Å². The second kappa shape index (κ2) is 8.18. The number of ether oxygens (including phenoxy) is 1. The average molecular weight is 302 g/mol. The molecule has 1 rings (SSSR count). The van der Waals surface area contributed by atoms with Crippen LogP contribution in [0.4, 0.5) is 5.69 Å². The summed E-state index contributed by atoms with van der Waals surface area (Å²) in [7, 11) is -0.0319. The number of nitrogens with zero attached hydrogens (tertiary/aromatic N) is 1. The van der Waals surface area contributed by atoms with E-state index in [1.165, 1.54) is 6.07 Å². The standard InChI is InChI=1S/C12H22N4O3S/c1-16(9-10-19-2)8-7-14-20(17,18)12-6-4-3-5-11(12)15-13/h3-6,14-15H,7-10,13H2,1-2H3. The molecule has 1 aromatic rings. The Morgan fingerprint density at radius 3 is 2.65 bits per heavy atom. The summed E-state index contributed by atoms with van der Waals surface area (Å²) in [6.45, 7) is 2.28. The molecule has 114 valence electrons. The Bertz CT molecular complexity index is 507. The number of nitrogen functional groups attached to an aromatic ring is 1. The molecular formula is C12H22N4O3S. The van der Waals surface area contributed by atoms with Gasteiger partial charge >= 0.3 is 0 Å². The van der Waals surface area contributed by atoms with Crippen molar-refractivity contribution in [2.75, 3.05) is 45.8 Å². The molecule has 0 atom stereocenters.